The summed E-state index contributed by atoms with van der Waals surface area (Å²) in [6.45, 7) is 0. The van der Waals surface area contributed by atoms with Gasteiger partial charge in [0.1, 0.15) is 12.0 Å². The molecular formula is C17H11F3N6. The van der Waals surface area contributed by atoms with Gasteiger partial charge in [0.05, 0.1) is 11.1 Å². The molecule has 0 amide bonds. The molecule has 0 aliphatic rings. The molecule has 1 aromatic carbocycles. The first-order valence-electron chi connectivity index (χ1n) is 7.64. The van der Waals surface area contributed by atoms with Crippen LogP contribution in [0.1, 0.15) is 11.1 Å². The molecule has 0 atom stereocenters. The topological polar surface area (TPSA) is 59.2 Å². The highest BCUT2D eigenvalue weighted by molar-refractivity contribution is 5.73. The molecule has 0 aliphatic heterocycles. The van der Waals surface area contributed by atoms with Crippen LogP contribution >= 0.6 is 0 Å². The van der Waals surface area contributed by atoms with Crippen LogP contribution in [0.4, 0.5) is 19.2 Å². The Balaban J connectivity index is 1.83. The number of rotatable bonds is 4. The van der Waals surface area contributed by atoms with E-state index in [9.17, 15) is 13.4 Å². The molecule has 0 aliphatic carbocycles. The lowest BCUT2D eigenvalue weighted by Gasteiger charge is -2.11. The summed E-state index contributed by atoms with van der Waals surface area (Å²) in [6.07, 6.45) is 2.86. The Morgan fingerprint density at radius 1 is 1.00 bits per heavy atom. The van der Waals surface area contributed by atoms with Crippen LogP contribution < -0.4 is 5.34 Å². The minimum Gasteiger partial charge on any atom is -0.231 e. The van der Waals surface area contributed by atoms with Crippen molar-refractivity contribution in [2.45, 2.75) is 6.42 Å². The molecule has 6 nitrogen and oxygen atoms in total. The molecule has 4 rings (SSSR count). The summed E-state index contributed by atoms with van der Waals surface area (Å²) in [4.78, 5) is 11.7. The molecule has 0 N–H and O–H groups in total. The van der Waals surface area contributed by atoms with Crippen molar-refractivity contribution >= 4 is 11.3 Å². The molecule has 9 heteroatoms. The van der Waals surface area contributed by atoms with Crippen LogP contribution in [0.15, 0.2) is 55.0 Å². The van der Waals surface area contributed by atoms with E-state index in [1.165, 1.54) is 10.8 Å². The van der Waals surface area contributed by atoms with Crippen LogP contribution in [0.25, 0.3) is 17.0 Å². The van der Waals surface area contributed by atoms with Crippen LogP contribution in [0.3, 0.4) is 0 Å². The Morgan fingerprint density at radius 2 is 1.81 bits per heavy atom. The van der Waals surface area contributed by atoms with Crippen LogP contribution in [-0.4, -0.2) is 24.6 Å². The molecule has 26 heavy (non-hydrogen) atoms. The van der Waals surface area contributed by atoms with E-state index in [2.05, 4.69) is 20.1 Å². The van der Waals surface area contributed by atoms with Gasteiger partial charge in [0.2, 0.25) is 11.8 Å². The van der Waals surface area contributed by atoms with E-state index < -0.39 is 17.1 Å². The van der Waals surface area contributed by atoms with Crippen molar-refractivity contribution in [1.29, 1.82) is 0 Å². The van der Waals surface area contributed by atoms with Crippen LogP contribution in [0, 0.1) is 5.95 Å². The van der Waals surface area contributed by atoms with Gasteiger partial charge in [0, 0.05) is 12.6 Å². The minimum atomic E-state index is -1.21. The molecule has 4 aromatic rings. The van der Waals surface area contributed by atoms with E-state index in [0.29, 0.717) is 11.1 Å². The van der Waals surface area contributed by atoms with E-state index in [0.717, 1.165) is 0 Å². The van der Waals surface area contributed by atoms with E-state index in [1.54, 1.807) is 48.7 Å². The third-order valence-electron chi connectivity index (χ3n) is 3.85. The maximum atomic E-state index is 14.6. The van der Waals surface area contributed by atoms with Crippen molar-refractivity contribution in [3.05, 3.63) is 72.1 Å². The second-order valence-corrected chi connectivity index (χ2v) is 5.48. The number of anilines is 1. The van der Waals surface area contributed by atoms with Gasteiger partial charge < -0.3 is 0 Å². The molecule has 0 unspecified atom stereocenters. The monoisotopic (exact) mass is 356 g/mol. The highest BCUT2D eigenvalue weighted by Crippen LogP contribution is 2.28. The Hall–Kier alpha value is -3.49. The molecule has 0 spiro atoms. The molecule has 0 radical (unpaired) electrons. The molecule has 130 valence electrons. The van der Waals surface area contributed by atoms with Gasteiger partial charge in [-0.15, -0.1) is 0 Å². The van der Waals surface area contributed by atoms with Crippen molar-refractivity contribution in [3.63, 3.8) is 0 Å². The van der Waals surface area contributed by atoms with Gasteiger partial charge in [-0.3, -0.25) is 0 Å². The van der Waals surface area contributed by atoms with E-state index >= 15 is 0 Å². The highest BCUT2D eigenvalue weighted by Gasteiger charge is 2.23. The van der Waals surface area contributed by atoms with E-state index in [1.807, 2.05) is 0 Å². The fourth-order valence-electron chi connectivity index (χ4n) is 2.66. The predicted molar refractivity (Wildman–Crippen MR) is 87.9 cm³/mol. The summed E-state index contributed by atoms with van der Waals surface area (Å²) in [6, 6.07) is 12.0. The average Bonchev–Trinajstić information content (AvgIpc) is 3.08. The second-order valence-electron chi connectivity index (χ2n) is 5.48. The Bertz CT molecular complexity index is 1060. The van der Waals surface area contributed by atoms with E-state index in [-0.39, 0.29) is 23.5 Å². The largest absolute Gasteiger partial charge is 0.231 e. The number of nitrogens with zero attached hydrogens (tertiary/aromatic N) is 6. The van der Waals surface area contributed by atoms with Crippen LogP contribution in [-0.2, 0) is 6.42 Å². The lowest BCUT2D eigenvalue weighted by Crippen LogP contribution is -2.10. The Morgan fingerprint density at radius 3 is 2.58 bits per heavy atom. The predicted octanol–water partition coefficient (Wildman–Crippen LogP) is 3.49. The quantitative estimate of drug-likeness (QED) is 0.414. The molecule has 3 heterocycles. The molecule has 0 saturated carbocycles. The van der Waals surface area contributed by atoms with Gasteiger partial charge in [-0.05, 0) is 23.0 Å². The summed E-state index contributed by atoms with van der Waals surface area (Å²) < 4.78 is 42.8. The zero-order valence-corrected chi connectivity index (χ0v) is 13.2. The Labute approximate surface area is 145 Å². The van der Waals surface area contributed by atoms with Gasteiger partial charge in [0.25, 0.3) is 0 Å². The van der Waals surface area contributed by atoms with Crippen molar-refractivity contribution in [3.8, 4) is 11.5 Å². The minimum absolute atomic E-state index is 0.0574. The van der Waals surface area contributed by atoms with Gasteiger partial charge in [-0.2, -0.15) is 14.5 Å². The standard InChI is InChI=1S/C17H11F3N6/c18-15-12(9-11-5-2-1-3-6-11)17(26(19)20)24-16(23-15)14-13-7-4-8-22-25(13)10-21-14/h1-8,10H,9H2. The highest BCUT2D eigenvalue weighted by atomic mass is 19.4. The van der Waals surface area contributed by atoms with Crippen LogP contribution in [0.5, 0.6) is 0 Å². The fourth-order valence-corrected chi connectivity index (χ4v) is 2.66. The third-order valence-corrected chi connectivity index (χ3v) is 3.85. The summed E-state index contributed by atoms with van der Waals surface area (Å²) >= 11 is 0. The van der Waals surface area contributed by atoms with Crippen LogP contribution in [0.2, 0.25) is 0 Å². The lowest BCUT2D eigenvalue weighted by molar-refractivity contribution is 0.229. The number of aromatic nitrogens is 5. The lowest BCUT2D eigenvalue weighted by atomic mass is 10.1. The number of halogens is 3. The normalized spacial score (nSPS) is 11.0. The molecule has 0 saturated heterocycles. The van der Waals surface area contributed by atoms with Gasteiger partial charge in [0.15, 0.2) is 5.82 Å². The number of benzene rings is 1. The second kappa shape index (κ2) is 6.43. The zero-order chi connectivity index (χ0) is 18.1. The van der Waals surface area contributed by atoms with Gasteiger partial charge >= 0.3 is 0 Å². The zero-order valence-electron chi connectivity index (χ0n) is 13.2. The first kappa shape index (κ1) is 16.0. The molecule has 0 bridgehead atoms. The maximum Gasteiger partial charge on any atom is 0.222 e. The van der Waals surface area contributed by atoms with Crippen molar-refractivity contribution in [1.82, 2.24) is 24.6 Å². The summed E-state index contributed by atoms with van der Waals surface area (Å²) in [5.74, 6) is -2.04. The fraction of sp³-hybridized carbons (Fsp3) is 0.0588. The summed E-state index contributed by atoms with van der Waals surface area (Å²) in [7, 11) is 0. The molecular weight excluding hydrogens is 345 g/mol. The van der Waals surface area contributed by atoms with Crippen molar-refractivity contribution < 1.29 is 13.4 Å². The number of hydrogen-bond donors (Lipinski definition) is 0. The first-order valence-corrected chi connectivity index (χ1v) is 7.64. The number of imidazole rings is 1. The van der Waals surface area contributed by atoms with Gasteiger partial charge in [-0.1, -0.05) is 39.3 Å². The smallest absolute Gasteiger partial charge is 0.222 e. The number of fused-ring (bicyclic) bond motifs is 1. The maximum absolute atomic E-state index is 14.6. The first-order chi connectivity index (χ1) is 12.6. The SMILES string of the molecule is Fc1nc(-c2ncn3ncccc23)nc(N(F)F)c1Cc1ccccc1. The summed E-state index contributed by atoms with van der Waals surface area (Å²) in [5.41, 5.74) is 1.04. The average molecular weight is 356 g/mol. The van der Waals surface area contributed by atoms with Crippen molar-refractivity contribution in [2.75, 3.05) is 5.34 Å². The van der Waals surface area contributed by atoms with E-state index in [4.69, 9.17) is 0 Å². The van der Waals surface area contributed by atoms with Crippen molar-refractivity contribution in [2.24, 2.45) is 0 Å². The molecule has 0 fully saturated rings. The molecule has 3 aromatic heterocycles. The number of hydrogen-bond acceptors (Lipinski definition) is 5. The van der Waals surface area contributed by atoms with Gasteiger partial charge in [-0.25, -0.2) is 14.5 Å². The Kier molecular flexibility index (Phi) is 3.96. The summed E-state index contributed by atoms with van der Waals surface area (Å²) in [5, 5.41) is 2.82. The third kappa shape index (κ3) is 2.83.